The molecule has 3 N–H and O–H groups in total. The molecule has 0 bridgehead atoms. The van der Waals surface area contributed by atoms with Gasteiger partial charge in [-0.05, 0) is 43.0 Å². The molecule has 0 unspecified atom stereocenters. The van der Waals surface area contributed by atoms with Crippen molar-refractivity contribution in [2.24, 2.45) is 11.7 Å². The summed E-state index contributed by atoms with van der Waals surface area (Å²) >= 11 is 0. The fourth-order valence-electron chi connectivity index (χ4n) is 6.09. The molecule has 0 spiro atoms. The Morgan fingerprint density at radius 2 is 2.00 bits per heavy atom. The highest BCUT2D eigenvalue weighted by Crippen LogP contribution is 2.41. The monoisotopic (exact) mass is 529 g/mol. The zero-order valence-corrected chi connectivity index (χ0v) is 22.8. The van der Waals surface area contributed by atoms with Crippen LogP contribution < -0.4 is 10.5 Å². The normalized spacial score (nSPS) is 23.1. The number of amides is 3. The predicted molar refractivity (Wildman–Crippen MR) is 144 cm³/mol. The first-order valence-electron chi connectivity index (χ1n) is 14.0. The number of carbonyl (C=O) groups excluding carboxylic acids is 2. The SMILES string of the molecule is CCCCN(CCCN)C(=O)CN1C[C@H](c2ccc3c(c2)CCO3)[C@@H](C(=O)O)[C@@H]1CCN1CCN(C)C1=O. The molecule has 0 radical (unpaired) electrons. The van der Waals surface area contributed by atoms with Crippen molar-refractivity contribution in [3.05, 3.63) is 29.3 Å². The van der Waals surface area contributed by atoms with Gasteiger partial charge in [-0.3, -0.25) is 14.5 Å². The maximum absolute atomic E-state index is 13.5. The van der Waals surface area contributed by atoms with Crippen LogP contribution in [0.15, 0.2) is 18.2 Å². The molecule has 3 amide bonds. The fourth-order valence-corrected chi connectivity index (χ4v) is 6.09. The summed E-state index contributed by atoms with van der Waals surface area (Å²) in [5.74, 6) is -0.901. The molecule has 2 fully saturated rings. The minimum Gasteiger partial charge on any atom is -0.493 e. The molecular weight excluding hydrogens is 486 g/mol. The standard InChI is InChI=1S/C28H43N5O5/c1-3-4-11-31(12-5-10-29)25(34)19-33-18-22(20-6-7-24-21(17-20)9-16-38-24)26(27(35)36)23(33)8-13-32-15-14-30(2)28(32)37/h6-7,17,22-23,26H,3-5,8-16,18-19,29H2,1-2H3,(H,35,36)/t22-,23+,26-/m1/s1. The summed E-state index contributed by atoms with van der Waals surface area (Å²) in [6.07, 6.45) is 3.97. The second-order valence-electron chi connectivity index (χ2n) is 10.8. The number of aliphatic carboxylic acids is 1. The number of rotatable bonds is 13. The molecule has 3 aliphatic heterocycles. The number of carboxylic acid groups (broad SMARTS) is 1. The predicted octanol–water partition coefficient (Wildman–Crippen LogP) is 1.83. The smallest absolute Gasteiger partial charge is 0.319 e. The third-order valence-corrected chi connectivity index (χ3v) is 8.28. The third-order valence-electron chi connectivity index (χ3n) is 8.28. The van der Waals surface area contributed by atoms with E-state index in [4.69, 9.17) is 10.5 Å². The second kappa shape index (κ2) is 12.8. The Balaban J connectivity index is 1.57. The largest absolute Gasteiger partial charge is 0.493 e. The molecular formula is C28H43N5O5. The van der Waals surface area contributed by atoms with Crippen LogP contribution in [-0.4, -0.2) is 115 Å². The molecule has 1 aromatic carbocycles. The van der Waals surface area contributed by atoms with E-state index in [1.165, 1.54) is 0 Å². The topological polar surface area (TPSA) is 120 Å². The number of unbranched alkanes of at least 4 members (excludes halogenated alkanes) is 1. The number of hydrogen-bond acceptors (Lipinski definition) is 6. The van der Waals surface area contributed by atoms with Crippen LogP contribution in [0.1, 0.15) is 49.7 Å². The number of hydrogen-bond donors (Lipinski definition) is 2. The first-order valence-corrected chi connectivity index (χ1v) is 14.0. The lowest BCUT2D eigenvalue weighted by Gasteiger charge is -2.30. The van der Waals surface area contributed by atoms with Gasteiger partial charge in [0.05, 0.1) is 19.1 Å². The zero-order valence-electron chi connectivity index (χ0n) is 22.8. The summed E-state index contributed by atoms with van der Waals surface area (Å²) in [4.78, 5) is 46.1. The Bertz CT molecular complexity index is 996. The number of carboxylic acids is 1. The van der Waals surface area contributed by atoms with Gasteiger partial charge in [0, 0.05) is 64.7 Å². The molecule has 0 aliphatic carbocycles. The summed E-state index contributed by atoms with van der Waals surface area (Å²) in [5, 5.41) is 10.4. The summed E-state index contributed by atoms with van der Waals surface area (Å²) < 4.78 is 5.66. The molecule has 3 aliphatic rings. The van der Waals surface area contributed by atoms with Crippen molar-refractivity contribution in [3.63, 3.8) is 0 Å². The highest BCUT2D eigenvalue weighted by atomic mass is 16.5. The number of nitrogens with zero attached hydrogens (tertiary/aromatic N) is 4. The van der Waals surface area contributed by atoms with Gasteiger partial charge in [0.25, 0.3) is 0 Å². The van der Waals surface area contributed by atoms with Crippen LogP contribution in [0, 0.1) is 5.92 Å². The molecule has 2 saturated heterocycles. The Kier molecular flexibility index (Phi) is 9.49. The van der Waals surface area contributed by atoms with E-state index < -0.39 is 11.9 Å². The van der Waals surface area contributed by atoms with Crippen molar-refractivity contribution in [1.82, 2.24) is 19.6 Å². The van der Waals surface area contributed by atoms with Crippen LogP contribution in [-0.2, 0) is 16.0 Å². The number of benzene rings is 1. The van der Waals surface area contributed by atoms with Gasteiger partial charge >= 0.3 is 12.0 Å². The van der Waals surface area contributed by atoms with Gasteiger partial charge < -0.3 is 30.3 Å². The number of fused-ring (bicyclic) bond motifs is 1. The minimum atomic E-state index is -0.859. The average molecular weight is 530 g/mol. The molecule has 10 nitrogen and oxygen atoms in total. The van der Waals surface area contributed by atoms with Gasteiger partial charge in [0.2, 0.25) is 5.91 Å². The summed E-state index contributed by atoms with van der Waals surface area (Å²) in [7, 11) is 1.78. The molecule has 0 aromatic heterocycles. The van der Waals surface area contributed by atoms with Crippen molar-refractivity contribution in [2.45, 2.75) is 51.0 Å². The quantitative estimate of drug-likeness (QED) is 0.400. The van der Waals surface area contributed by atoms with Gasteiger partial charge in [-0.15, -0.1) is 0 Å². The fraction of sp³-hybridized carbons (Fsp3) is 0.679. The summed E-state index contributed by atoms with van der Waals surface area (Å²) in [6.45, 7) is 6.98. The van der Waals surface area contributed by atoms with Crippen LogP contribution in [0.25, 0.3) is 0 Å². The molecule has 3 atom stereocenters. The number of nitrogens with two attached hydrogens (primary N) is 1. The number of likely N-dealkylation sites (N-methyl/N-ethyl adjacent to an activating group) is 1. The van der Waals surface area contributed by atoms with E-state index in [0.717, 1.165) is 42.6 Å². The zero-order chi connectivity index (χ0) is 27.2. The van der Waals surface area contributed by atoms with Gasteiger partial charge in [-0.1, -0.05) is 25.5 Å². The van der Waals surface area contributed by atoms with Crippen LogP contribution in [0.4, 0.5) is 4.79 Å². The van der Waals surface area contributed by atoms with Crippen molar-refractivity contribution >= 4 is 17.9 Å². The lowest BCUT2D eigenvalue weighted by molar-refractivity contribution is -0.143. The molecule has 4 rings (SSSR count). The molecule has 38 heavy (non-hydrogen) atoms. The summed E-state index contributed by atoms with van der Waals surface area (Å²) in [6, 6.07) is 5.62. The van der Waals surface area contributed by atoms with Crippen molar-refractivity contribution in [1.29, 1.82) is 0 Å². The van der Waals surface area contributed by atoms with Gasteiger partial charge in [0.1, 0.15) is 5.75 Å². The van der Waals surface area contributed by atoms with Crippen molar-refractivity contribution in [3.8, 4) is 5.75 Å². The third kappa shape index (κ3) is 6.23. The van der Waals surface area contributed by atoms with Gasteiger partial charge in [0.15, 0.2) is 0 Å². The van der Waals surface area contributed by atoms with Gasteiger partial charge in [-0.25, -0.2) is 4.79 Å². The molecule has 210 valence electrons. The van der Waals surface area contributed by atoms with Crippen molar-refractivity contribution in [2.75, 3.05) is 66.0 Å². The average Bonchev–Trinajstić information content (AvgIpc) is 3.60. The number of carbonyl (C=O) groups is 3. The first-order chi connectivity index (χ1) is 18.3. The Morgan fingerprint density at radius 3 is 2.68 bits per heavy atom. The lowest BCUT2D eigenvalue weighted by atomic mass is 9.83. The van der Waals surface area contributed by atoms with E-state index in [0.29, 0.717) is 58.8 Å². The maximum atomic E-state index is 13.5. The highest BCUT2D eigenvalue weighted by molar-refractivity contribution is 5.79. The van der Waals surface area contributed by atoms with Crippen LogP contribution in [0.2, 0.25) is 0 Å². The van der Waals surface area contributed by atoms with E-state index in [1.807, 2.05) is 17.0 Å². The van der Waals surface area contributed by atoms with Gasteiger partial charge in [-0.2, -0.15) is 0 Å². The second-order valence-corrected chi connectivity index (χ2v) is 10.8. The number of ether oxygens (including phenoxy) is 1. The van der Waals surface area contributed by atoms with Crippen LogP contribution in [0.5, 0.6) is 5.75 Å². The molecule has 0 saturated carbocycles. The molecule has 10 heteroatoms. The van der Waals surface area contributed by atoms with E-state index in [1.54, 1.807) is 16.8 Å². The Labute approximate surface area is 225 Å². The first kappa shape index (κ1) is 28.2. The van der Waals surface area contributed by atoms with Crippen molar-refractivity contribution < 1.29 is 24.2 Å². The number of urea groups is 1. The van der Waals surface area contributed by atoms with Crippen LogP contribution in [0.3, 0.4) is 0 Å². The number of likely N-dealkylation sites (tertiary alicyclic amines) is 1. The lowest BCUT2D eigenvalue weighted by Crippen LogP contribution is -2.46. The minimum absolute atomic E-state index is 0.0148. The summed E-state index contributed by atoms with van der Waals surface area (Å²) in [5.41, 5.74) is 7.81. The molecule has 1 aromatic rings. The van der Waals surface area contributed by atoms with E-state index >= 15 is 0 Å². The maximum Gasteiger partial charge on any atom is 0.319 e. The Hall–Kier alpha value is -2.85. The highest BCUT2D eigenvalue weighted by Gasteiger charge is 2.47. The molecule has 3 heterocycles. The van der Waals surface area contributed by atoms with E-state index in [9.17, 15) is 19.5 Å². The Morgan fingerprint density at radius 1 is 1.21 bits per heavy atom. The van der Waals surface area contributed by atoms with Crippen LogP contribution >= 0.6 is 0 Å². The van der Waals surface area contributed by atoms with E-state index in [2.05, 4.69) is 17.9 Å². The van der Waals surface area contributed by atoms with E-state index in [-0.39, 0.29) is 30.4 Å².